The van der Waals surface area contributed by atoms with Crippen molar-refractivity contribution >= 4 is 17.3 Å². The lowest BCUT2D eigenvalue weighted by molar-refractivity contribution is 1.43. The van der Waals surface area contributed by atoms with Crippen LogP contribution in [0.2, 0.25) is 0 Å². The normalized spacial score (nSPS) is 26.3. The summed E-state index contributed by atoms with van der Waals surface area (Å²) in [5.74, 6) is 0.993. The van der Waals surface area contributed by atoms with Gasteiger partial charge in [0.2, 0.25) is 0 Å². The van der Waals surface area contributed by atoms with Gasteiger partial charge in [0.15, 0.2) is 0 Å². The van der Waals surface area contributed by atoms with Crippen molar-refractivity contribution in [3.8, 4) is 0 Å². The molecule has 0 N–H and O–H groups in total. The van der Waals surface area contributed by atoms with Crippen LogP contribution in [-0.4, -0.2) is 11.3 Å². The third-order valence-electron chi connectivity index (χ3n) is 1.33. The Morgan fingerprint density at radius 2 is 2.36 bits per heavy atom. The Labute approximate surface area is 71.6 Å². The van der Waals surface area contributed by atoms with Gasteiger partial charge in [-0.15, -0.1) is 11.8 Å². The zero-order valence-electron chi connectivity index (χ0n) is 6.58. The second-order valence-electron chi connectivity index (χ2n) is 2.34. The molecular formula is C9H11NS. The van der Waals surface area contributed by atoms with Crippen LogP contribution in [0.25, 0.3) is 0 Å². The zero-order chi connectivity index (χ0) is 8.10. The summed E-state index contributed by atoms with van der Waals surface area (Å²) in [5, 5.41) is 0. The van der Waals surface area contributed by atoms with Gasteiger partial charge in [-0.25, -0.2) is 0 Å². The number of thioether (sulfide) groups is 1. The van der Waals surface area contributed by atoms with E-state index in [0.717, 1.165) is 11.4 Å². The molecular weight excluding hydrogens is 154 g/mol. The molecule has 0 atom stereocenters. The molecule has 1 aliphatic heterocycles. The minimum Gasteiger partial charge on any atom is -0.251 e. The van der Waals surface area contributed by atoms with Crippen LogP contribution in [0.5, 0.6) is 0 Å². The fourth-order valence-corrected chi connectivity index (χ4v) is 1.32. The molecule has 1 heterocycles. The largest absolute Gasteiger partial charge is 0.251 e. The van der Waals surface area contributed by atoms with E-state index in [9.17, 15) is 0 Å². The zero-order valence-corrected chi connectivity index (χ0v) is 7.40. The predicted molar refractivity (Wildman–Crippen MR) is 53.0 cm³/mol. The SMILES string of the molecule is C=C1/C=C\C(C)=C/CSC=N1. The van der Waals surface area contributed by atoms with Crippen molar-refractivity contribution in [2.75, 3.05) is 5.75 Å². The fraction of sp³-hybridized carbons (Fsp3) is 0.222. The van der Waals surface area contributed by atoms with Crippen molar-refractivity contribution in [2.45, 2.75) is 6.92 Å². The Bertz CT molecular complexity index is 232. The molecule has 0 aromatic rings. The first-order valence-electron chi connectivity index (χ1n) is 3.47. The molecule has 0 aromatic carbocycles. The molecule has 0 bridgehead atoms. The molecule has 0 saturated carbocycles. The summed E-state index contributed by atoms with van der Waals surface area (Å²) in [5.41, 5.74) is 3.92. The Morgan fingerprint density at radius 1 is 1.55 bits per heavy atom. The molecule has 0 saturated heterocycles. The predicted octanol–water partition coefficient (Wildman–Crippen LogP) is 2.78. The van der Waals surface area contributed by atoms with Gasteiger partial charge in [0.25, 0.3) is 0 Å². The van der Waals surface area contributed by atoms with Crippen molar-refractivity contribution < 1.29 is 0 Å². The molecule has 58 valence electrons. The molecule has 1 rings (SSSR count). The van der Waals surface area contributed by atoms with Crippen molar-refractivity contribution in [3.05, 3.63) is 36.1 Å². The van der Waals surface area contributed by atoms with Crippen molar-refractivity contribution in [1.29, 1.82) is 0 Å². The van der Waals surface area contributed by atoms with Gasteiger partial charge in [-0.1, -0.05) is 24.3 Å². The maximum atomic E-state index is 4.10. The van der Waals surface area contributed by atoms with Gasteiger partial charge >= 0.3 is 0 Å². The lowest BCUT2D eigenvalue weighted by atomic mass is 10.2. The highest BCUT2D eigenvalue weighted by molar-refractivity contribution is 8.12. The van der Waals surface area contributed by atoms with Crippen LogP contribution >= 0.6 is 11.8 Å². The van der Waals surface area contributed by atoms with Crippen molar-refractivity contribution in [2.24, 2.45) is 4.99 Å². The van der Waals surface area contributed by atoms with Gasteiger partial charge in [-0.05, 0) is 13.0 Å². The summed E-state index contributed by atoms with van der Waals surface area (Å²) in [6, 6.07) is 0. The second-order valence-corrected chi connectivity index (χ2v) is 3.22. The molecule has 0 aliphatic carbocycles. The van der Waals surface area contributed by atoms with Gasteiger partial charge in [-0.3, -0.25) is 4.99 Å². The summed E-state index contributed by atoms with van der Waals surface area (Å²) >= 11 is 1.68. The average molecular weight is 165 g/mol. The minimum atomic E-state index is 0.812. The summed E-state index contributed by atoms with van der Waals surface area (Å²) in [4.78, 5) is 4.10. The van der Waals surface area contributed by atoms with Crippen LogP contribution in [0, 0.1) is 0 Å². The van der Waals surface area contributed by atoms with Gasteiger partial charge < -0.3 is 0 Å². The first kappa shape index (κ1) is 8.34. The first-order chi connectivity index (χ1) is 5.29. The molecule has 1 aliphatic rings. The quantitative estimate of drug-likeness (QED) is 0.537. The standard InChI is InChI=1S/C9H11NS/c1-8-3-4-9(2)10-7-11-6-5-8/h3-5,7H,2,6H2,1H3/b4-3-,8-5-,10-7?. The van der Waals surface area contributed by atoms with Crippen LogP contribution in [0.1, 0.15) is 6.92 Å². The second kappa shape index (κ2) is 4.19. The smallest absolute Gasteiger partial charge is 0.0606 e. The molecule has 0 aromatic heterocycles. The maximum Gasteiger partial charge on any atom is 0.0606 e. The van der Waals surface area contributed by atoms with E-state index in [4.69, 9.17) is 0 Å². The number of rotatable bonds is 0. The van der Waals surface area contributed by atoms with E-state index in [2.05, 4.69) is 24.6 Å². The number of aliphatic imine (C=N–C) groups is 1. The van der Waals surface area contributed by atoms with E-state index in [-0.39, 0.29) is 0 Å². The maximum absolute atomic E-state index is 4.10. The monoisotopic (exact) mass is 165 g/mol. The fourth-order valence-electron chi connectivity index (χ4n) is 0.666. The van der Waals surface area contributed by atoms with Crippen LogP contribution < -0.4 is 0 Å². The van der Waals surface area contributed by atoms with E-state index in [1.165, 1.54) is 5.57 Å². The van der Waals surface area contributed by atoms with Crippen LogP contribution in [0.15, 0.2) is 41.1 Å². The lowest BCUT2D eigenvalue weighted by Gasteiger charge is -1.88. The summed E-state index contributed by atoms with van der Waals surface area (Å²) in [7, 11) is 0. The average Bonchev–Trinajstić information content (AvgIpc) is 2.06. The van der Waals surface area contributed by atoms with E-state index >= 15 is 0 Å². The van der Waals surface area contributed by atoms with Crippen LogP contribution in [0.3, 0.4) is 0 Å². The van der Waals surface area contributed by atoms with Gasteiger partial charge in [0.05, 0.1) is 11.2 Å². The van der Waals surface area contributed by atoms with Crippen molar-refractivity contribution in [1.82, 2.24) is 0 Å². The molecule has 11 heavy (non-hydrogen) atoms. The first-order valence-corrected chi connectivity index (χ1v) is 4.52. The molecule has 2 heteroatoms. The highest BCUT2D eigenvalue weighted by atomic mass is 32.2. The minimum absolute atomic E-state index is 0.812. The molecule has 0 fully saturated rings. The lowest BCUT2D eigenvalue weighted by Crippen LogP contribution is -1.72. The van der Waals surface area contributed by atoms with Crippen molar-refractivity contribution in [3.63, 3.8) is 0 Å². The number of hydrogen-bond donors (Lipinski definition) is 0. The summed E-state index contributed by atoms with van der Waals surface area (Å²) in [6.45, 7) is 5.85. The summed E-state index contributed by atoms with van der Waals surface area (Å²) in [6.07, 6.45) is 6.13. The third kappa shape index (κ3) is 3.23. The highest BCUT2D eigenvalue weighted by Gasteiger charge is 1.88. The summed E-state index contributed by atoms with van der Waals surface area (Å²) < 4.78 is 0. The highest BCUT2D eigenvalue weighted by Crippen LogP contribution is 2.07. The van der Waals surface area contributed by atoms with E-state index in [1.54, 1.807) is 11.8 Å². The Morgan fingerprint density at radius 3 is 3.18 bits per heavy atom. The van der Waals surface area contributed by atoms with E-state index < -0.39 is 0 Å². The Balaban J connectivity index is 2.74. The molecule has 0 amide bonds. The van der Waals surface area contributed by atoms with Crippen LogP contribution in [-0.2, 0) is 0 Å². The molecule has 0 radical (unpaired) electrons. The molecule has 1 nitrogen and oxygen atoms in total. The van der Waals surface area contributed by atoms with Gasteiger partial charge in [0.1, 0.15) is 0 Å². The van der Waals surface area contributed by atoms with Crippen LogP contribution in [0.4, 0.5) is 0 Å². The third-order valence-corrected chi connectivity index (χ3v) is 1.95. The topological polar surface area (TPSA) is 12.4 Å². The van der Waals surface area contributed by atoms with Gasteiger partial charge in [0, 0.05) is 5.75 Å². The molecule has 0 unspecified atom stereocenters. The Hall–Kier alpha value is -0.760. The van der Waals surface area contributed by atoms with E-state index in [1.807, 2.05) is 17.7 Å². The van der Waals surface area contributed by atoms with E-state index in [0.29, 0.717) is 0 Å². The van der Waals surface area contributed by atoms with Gasteiger partial charge in [-0.2, -0.15) is 0 Å². The number of allylic oxidation sites excluding steroid dienone is 3. The number of hydrogen-bond acceptors (Lipinski definition) is 2. The molecule has 0 spiro atoms. The Kier molecular flexibility index (Phi) is 3.17. The number of nitrogens with zero attached hydrogens (tertiary/aromatic N) is 1.